The van der Waals surface area contributed by atoms with Crippen molar-refractivity contribution in [3.8, 4) is 0 Å². The number of esters is 1. The number of hydrazone groups is 1. The highest BCUT2D eigenvalue weighted by Crippen LogP contribution is 2.28. The van der Waals surface area contributed by atoms with Gasteiger partial charge in [-0.3, -0.25) is 9.59 Å². The number of ether oxygens (including phenoxy) is 1. The average molecular weight is 476 g/mol. The largest absolute Gasteiger partial charge is 0.451 e. The van der Waals surface area contributed by atoms with Crippen LogP contribution < -0.4 is 5.01 Å². The number of carbonyl (C=O) groups is 3. The van der Waals surface area contributed by atoms with Crippen LogP contribution in [0.25, 0.3) is 0 Å². The van der Waals surface area contributed by atoms with Gasteiger partial charge in [-0.25, -0.2) is 18.2 Å². The second-order valence-electron chi connectivity index (χ2n) is 8.81. The quantitative estimate of drug-likeness (QED) is 0.582. The predicted molar refractivity (Wildman–Crippen MR) is 122 cm³/mol. The Kier molecular flexibility index (Phi) is 7.11. The molecule has 2 amide bonds. The zero-order valence-electron chi connectivity index (χ0n) is 18.5. The lowest BCUT2D eigenvalue weighted by Gasteiger charge is -2.38. The standard InChI is InChI=1S/C23H29N3O6S/c27-21-12-11-20(24-26(21)18-9-5-2-6-10-18)23(29)32-15-22(28)25(17-7-3-1-4-8-17)19-13-14-33(30,31)16-19/h2,5-6,9-10,17,19H,1,3-4,7-8,11-16H2. The van der Waals surface area contributed by atoms with Crippen LogP contribution in [0.1, 0.15) is 51.4 Å². The van der Waals surface area contributed by atoms with Crippen molar-refractivity contribution in [1.82, 2.24) is 4.90 Å². The van der Waals surface area contributed by atoms with Gasteiger partial charge in [-0.2, -0.15) is 5.10 Å². The molecule has 1 aromatic carbocycles. The number of amides is 2. The highest BCUT2D eigenvalue weighted by Gasteiger charge is 2.39. The molecule has 0 bridgehead atoms. The van der Waals surface area contributed by atoms with Gasteiger partial charge in [0.05, 0.1) is 17.2 Å². The van der Waals surface area contributed by atoms with Crippen molar-refractivity contribution in [2.75, 3.05) is 23.1 Å². The summed E-state index contributed by atoms with van der Waals surface area (Å²) in [4.78, 5) is 39.7. The van der Waals surface area contributed by atoms with Gasteiger partial charge in [-0.15, -0.1) is 0 Å². The van der Waals surface area contributed by atoms with Gasteiger partial charge in [0.2, 0.25) is 5.91 Å². The number of hydrogen-bond acceptors (Lipinski definition) is 7. The Balaban J connectivity index is 1.43. The smallest absolute Gasteiger partial charge is 0.355 e. The Morgan fingerprint density at radius 2 is 1.76 bits per heavy atom. The molecule has 3 aliphatic rings. The fraction of sp³-hybridized carbons (Fsp3) is 0.565. The van der Waals surface area contributed by atoms with E-state index in [1.165, 1.54) is 5.01 Å². The first-order valence-corrected chi connectivity index (χ1v) is 13.3. The molecule has 1 aromatic rings. The van der Waals surface area contributed by atoms with Crippen molar-refractivity contribution in [2.24, 2.45) is 5.10 Å². The van der Waals surface area contributed by atoms with Crippen molar-refractivity contribution < 1.29 is 27.5 Å². The van der Waals surface area contributed by atoms with Crippen molar-refractivity contribution in [2.45, 2.75) is 63.5 Å². The van der Waals surface area contributed by atoms with Gasteiger partial charge in [0.15, 0.2) is 16.4 Å². The molecule has 1 aliphatic carbocycles. The van der Waals surface area contributed by atoms with E-state index < -0.39 is 22.4 Å². The van der Waals surface area contributed by atoms with Crippen LogP contribution in [0.5, 0.6) is 0 Å². The van der Waals surface area contributed by atoms with E-state index in [9.17, 15) is 22.8 Å². The van der Waals surface area contributed by atoms with Crippen LogP contribution >= 0.6 is 0 Å². The summed E-state index contributed by atoms with van der Waals surface area (Å²) < 4.78 is 29.4. The van der Waals surface area contributed by atoms with Crippen LogP contribution in [-0.2, 0) is 29.0 Å². The molecule has 1 saturated heterocycles. The highest BCUT2D eigenvalue weighted by molar-refractivity contribution is 7.91. The molecule has 0 N–H and O–H groups in total. The number of nitrogens with zero attached hydrogens (tertiary/aromatic N) is 3. The molecule has 1 unspecified atom stereocenters. The van der Waals surface area contributed by atoms with E-state index in [4.69, 9.17) is 4.74 Å². The third-order valence-electron chi connectivity index (χ3n) is 6.45. The van der Waals surface area contributed by atoms with E-state index in [-0.39, 0.29) is 54.0 Å². The SMILES string of the molecule is O=C(OCC(=O)N(C1CCCCC1)C1CCS(=O)(=O)C1)C1=NN(c2ccccc2)C(=O)CC1. The minimum Gasteiger partial charge on any atom is -0.451 e. The molecule has 0 spiro atoms. The third kappa shape index (κ3) is 5.61. The molecule has 1 atom stereocenters. The number of rotatable bonds is 6. The summed E-state index contributed by atoms with van der Waals surface area (Å²) in [5.74, 6) is -1.29. The fourth-order valence-corrected chi connectivity index (χ4v) is 6.53. The van der Waals surface area contributed by atoms with Gasteiger partial charge < -0.3 is 9.64 Å². The third-order valence-corrected chi connectivity index (χ3v) is 8.20. The summed E-state index contributed by atoms with van der Waals surface area (Å²) in [5, 5.41) is 5.34. The van der Waals surface area contributed by atoms with Crippen molar-refractivity contribution >= 4 is 39.0 Å². The van der Waals surface area contributed by atoms with Gasteiger partial charge in [-0.1, -0.05) is 37.5 Å². The molecule has 2 aliphatic heterocycles. The Bertz CT molecular complexity index is 1030. The molecule has 178 valence electrons. The van der Waals surface area contributed by atoms with Gasteiger partial charge in [0.25, 0.3) is 5.91 Å². The molecular weight excluding hydrogens is 446 g/mol. The van der Waals surface area contributed by atoms with Crippen molar-refractivity contribution in [1.29, 1.82) is 0 Å². The Morgan fingerprint density at radius 1 is 1.03 bits per heavy atom. The maximum atomic E-state index is 13.1. The van der Waals surface area contributed by atoms with Crippen LogP contribution in [0.15, 0.2) is 35.4 Å². The maximum Gasteiger partial charge on any atom is 0.355 e. The minimum atomic E-state index is -3.16. The topological polar surface area (TPSA) is 113 Å². The Labute approximate surface area is 193 Å². The van der Waals surface area contributed by atoms with E-state index in [1.54, 1.807) is 29.2 Å². The molecule has 2 fully saturated rings. The maximum absolute atomic E-state index is 13.1. The summed E-state index contributed by atoms with van der Waals surface area (Å²) in [7, 11) is -3.16. The molecule has 0 radical (unpaired) electrons. The molecule has 2 heterocycles. The van der Waals surface area contributed by atoms with Crippen LogP contribution in [-0.4, -0.2) is 67.0 Å². The molecule has 33 heavy (non-hydrogen) atoms. The number of para-hydroxylation sites is 1. The first kappa shape index (κ1) is 23.4. The zero-order valence-corrected chi connectivity index (χ0v) is 19.3. The zero-order chi connectivity index (χ0) is 23.4. The number of hydrogen-bond donors (Lipinski definition) is 0. The summed E-state index contributed by atoms with van der Waals surface area (Å²) in [5.41, 5.74) is 0.633. The molecule has 4 rings (SSSR count). The van der Waals surface area contributed by atoms with Crippen LogP contribution in [0, 0.1) is 0 Å². The van der Waals surface area contributed by atoms with E-state index >= 15 is 0 Å². The van der Waals surface area contributed by atoms with E-state index in [0.29, 0.717) is 12.1 Å². The molecule has 1 saturated carbocycles. The summed E-state index contributed by atoms with van der Waals surface area (Å²) in [6.45, 7) is -0.468. The van der Waals surface area contributed by atoms with Gasteiger partial charge in [-0.05, 0) is 31.4 Å². The normalized spacial score (nSPS) is 23.2. The highest BCUT2D eigenvalue weighted by atomic mass is 32.2. The summed E-state index contributed by atoms with van der Waals surface area (Å²) >= 11 is 0. The number of carbonyl (C=O) groups excluding carboxylic acids is 3. The Hall–Kier alpha value is -2.75. The molecule has 10 heteroatoms. The first-order chi connectivity index (χ1) is 15.8. The average Bonchev–Trinajstić information content (AvgIpc) is 3.18. The number of sulfone groups is 1. The monoisotopic (exact) mass is 475 g/mol. The van der Waals surface area contributed by atoms with E-state index in [0.717, 1.165) is 32.1 Å². The molecule has 0 aromatic heterocycles. The lowest BCUT2D eigenvalue weighted by atomic mass is 9.93. The first-order valence-electron chi connectivity index (χ1n) is 11.5. The Morgan fingerprint density at radius 3 is 2.42 bits per heavy atom. The fourth-order valence-electron chi connectivity index (χ4n) is 4.82. The second kappa shape index (κ2) is 10.0. The van der Waals surface area contributed by atoms with Crippen LogP contribution in [0.2, 0.25) is 0 Å². The summed E-state index contributed by atoms with van der Waals surface area (Å²) in [6.07, 6.45) is 5.43. The predicted octanol–water partition coefficient (Wildman–Crippen LogP) is 2.06. The molecule has 9 nitrogen and oxygen atoms in total. The number of benzene rings is 1. The van der Waals surface area contributed by atoms with Gasteiger partial charge in [0, 0.05) is 24.9 Å². The van der Waals surface area contributed by atoms with Gasteiger partial charge in [0.1, 0.15) is 5.71 Å². The van der Waals surface area contributed by atoms with Gasteiger partial charge >= 0.3 is 5.97 Å². The van der Waals surface area contributed by atoms with E-state index in [1.807, 2.05) is 6.07 Å². The minimum absolute atomic E-state index is 0.0264. The van der Waals surface area contributed by atoms with Crippen molar-refractivity contribution in [3.05, 3.63) is 30.3 Å². The van der Waals surface area contributed by atoms with E-state index in [2.05, 4.69) is 5.10 Å². The lowest BCUT2D eigenvalue weighted by Crippen LogP contribution is -2.50. The van der Waals surface area contributed by atoms with Crippen molar-refractivity contribution in [3.63, 3.8) is 0 Å². The van der Waals surface area contributed by atoms with Crippen LogP contribution in [0.4, 0.5) is 5.69 Å². The number of anilines is 1. The van der Waals surface area contributed by atoms with Crippen LogP contribution in [0.3, 0.4) is 0 Å². The lowest BCUT2D eigenvalue weighted by molar-refractivity contribution is -0.150. The second-order valence-corrected chi connectivity index (χ2v) is 11.0. The summed E-state index contributed by atoms with van der Waals surface area (Å²) in [6, 6.07) is 8.40. The molecular formula is C23H29N3O6S.